The fraction of sp³-hybridized carbons (Fsp3) is 0.133. The molecule has 1 heteroatoms. The van der Waals surface area contributed by atoms with E-state index in [1.807, 2.05) is 18.3 Å². The lowest BCUT2D eigenvalue weighted by Gasteiger charge is -2.22. The topological polar surface area (TPSA) is 12.4 Å². The van der Waals surface area contributed by atoms with Gasteiger partial charge in [-0.2, -0.15) is 0 Å². The molecule has 0 N–H and O–H groups in total. The zero-order valence-corrected chi connectivity index (χ0v) is 9.22. The van der Waals surface area contributed by atoms with Crippen molar-refractivity contribution in [3.63, 3.8) is 0 Å². The summed E-state index contributed by atoms with van der Waals surface area (Å²) in [5.41, 5.74) is 3.61. The van der Waals surface area contributed by atoms with E-state index in [9.17, 15) is 0 Å². The highest BCUT2D eigenvalue weighted by Gasteiger charge is 2.32. The van der Waals surface area contributed by atoms with Gasteiger partial charge in [-0.1, -0.05) is 48.5 Å². The average Bonchev–Trinajstić information content (AvgIpc) is 2.71. The van der Waals surface area contributed by atoms with Gasteiger partial charge in [-0.3, -0.25) is 4.99 Å². The summed E-state index contributed by atoms with van der Waals surface area (Å²) in [5.74, 6) is 0. The van der Waals surface area contributed by atoms with E-state index in [-0.39, 0.29) is 5.41 Å². The number of hydrogen-bond acceptors (Lipinski definition) is 1. The number of rotatable bonds is 1. The van der Waals surface area contributed by atoms with Crippen LogP contribution < -0.4 is 0 Å². The van der Waals surface area contributed by atoms with Crippen LogP contribution in [0.5, 0.6) is 0 Å². The second kappa shape index (κ2) is 3.31. The van der Waals surface area contributed by atoms with Crippen molar-refractivity contribution in [2.24, 2.45) is 4.99 Å². The molecule has 0 amide bonds. The molecule has 2 aromatic rings. The lowest BCUT2D eigenvalue weighted by molar-refractivity contribution is 0.810. The molecule has 1 nitrogen and oxygen atoms in total. The first kappa shape index (κ1) is 9.34. The normalized spacial score (nSPS) is 22.1. The van der Waals surface area contributed by atoms with Crippen molar-refractivity contribution in [2.75, 3.05) is 0 Å². The van der Waals surface area contributed by atoms with Gasteiger partial charge in [0.15, 0.2) is 0 Å². The van der Waals surface area contributed by atoms with Crippen molar-refractivity contribution in [1.82, 2.24) is 0 Å². The van der Waals surface area contributed by atoms with Crippen molar-refractivity contribution in [1.29, 1.82) is 0 Å². The molecule has 1 aliphatic rings. The first-order valence-corrected chi connectivity index (χ1v) is 5.51. The molecule has 1 atom stereocenters. The van der Waals surface area contributed by atoms with E-state index >= 15 is 0 Å². The van der Waals surface area contributed by atoms with E-state index in [1.54, 1.807) is 0 Å². The number of benzene rings is 2. The second-order valence-electron chi connectivity index (χ2n) is 4.34. The van der Waals surface area contributed by atoms with Crippen molar-refractivity contribution >= 4 is 11.9 Å². The van der Waals surface area contributed by atoms with Crippen LogP contribution in [-0.4, -0.2) is 6.21 Å². The maximum Gasteiger partial charge on any atom is 0.0670 e. The van der Waals surface area contributed by atoms with Gasteiger partial charge in [0.2, 0.25) is 0 Å². The van der Waals surface area contributed by atoms with Gasteiger partial charge < -0.3 is 0 Å². The fourth-order valence-corrected chi connectivity index (χ4v) is 2.31. The molecule has 0 saturated carbocycles. The van der Waals surface area contributed by atoms with Crippen molar-refractivity contribution in [3.05, 3.63) is 65.7 Å². The summed E-state index contributed by atoms with van der Waals surface area (Å²) in [6.07, 6.45) is 2.05. The third kappa shape index (κ3) is 1.21. The molecule has 3 rings (SSSR count). The molecule has 0 radical (unpaired) electrons. The molecule has 0 fully saturated rings. The molecule has 2 aromatic carbocycles. The highest BCUT2D eigenvalue weighted by Crippen LogP contribution is 2.40. The molecular weight excluding hydrogens is 194 g/mol. The van der Waals surface area contributed by atoms with Gasteiger partial charge in [-0.05, 0) is 24.1 Å². The Morgan fingerprint density at radius 1 is 0.875 bits per heavy atom. The van der Waals surface area contributed by atoms with Gasteiger partial charge in [0.05, 0.1) is 11.1 Å². The molecule has 0 unspecified atom stereocenters. The largest absolute Gasteiger partial charge is 0.260 e. The molecule has 78 valence electrons. The van der Waals surface area contributed by atoms with Crippen LogP contribution in [0.3, 0.4) is 0 Å². The Morgan fingerprint density at radius 3 is 2.38 bits per heavy atom. The smallest absolute Gasteiger partial charge is 0.0670 e. The van der Waals surface area contributed by atoms with Crippen LogP contribution >= 0.6 is 0 Å². The highest BCUT2D eigenvalue weighted by molar-refractivity contribution is 5.88. The van der Waals surface area contributed by atoms with E-state index in [4.69, 9.17) is 0 Å². The zero-order valence-electron chi connectivity index (χ0n) is 9.22. The predicted octanol–water partition coefficient (Wildman–Crippen LogP) is 3.71. The molecule has 0 bridgehead atoms. The molecule has 0 aliphatic carbocycles. The van der Waals surface area contributed by atoms with Crippen LogP contribution in [-0.2, 0) is 5.41 Å². The van der Waals surface area contributed by atoms with E-state index in [0.717, 1.165) is 5.69 Å². The van der Waals surface area contributed by atoms with E-state index in [2.05, 4.69) is 54.4 Å². The van der Waals surface area contributed by atoms with E-state index in [0.29, 0.717) is 0 Å². The maximum absolute atomic E-state index is 4.50. The van der Waals surface area contributed by atoms with Crippen LogP contribution in [0.25, 0.3) is 0 Å². The summed E-state index contributed by atoms with van der Waals surface area (Å²) in [4.78, 5) is 4.50. The summed E-state index contributed by atoms with van der Waals surface area (Å²) in [7, 11) is 0. The molecule has 0 aromatic heterocycles. The minimum Gasteiger partial charge on any atom is -0.260 e. The van der Waals surface area contributed by atoms with E-state index in [1.165, 1.54) is 11.1 Å². The molecule has 0 saturated heterocycles. The van der Waals surface area contributed by atoms with Crippen LogP contribution in [0.4, 0.5) is 5.69 Å². The monoisotopic (exact) mass is 207 g/mol. The Bertz CT molecular complexity index is 542. The molecule has 16 heavy (non-hydrogen) atoms. The number of aliphatic imine (C=N–C) groups is 1. The number of para-hydroxylation sites is 1. The Hall–Kier alpha value is -1.89. The Labute approximate surface area is 95.5 Å². The van der Waals surface area contributed by atoms with Crippen LogP contribution in [0.1, 0.15) is 18.1 Å². The fourth-order valence-electron chi connectivity index (χ4n) is 2.31. The minimum absolute atomic E-state index is 0.0716. The van der Waals surface area contributed by atoms with Gasteiger partial charge in [0.1, 0.15) is 0 Å². The first-order valence-electron chi connectivity index (χ1n) is 5.51. The first-order chi connectivity index (χ1) is 7.81. The third-order valence-electron chi connectivity index (χ3n) is 3.30. The Balaban J connectivity index is 2.19. The van der Waals surface area contributed by atoms with Crippen molar-refractivity contribution in [3.8, 4) is 0 Å². The number of hydrogen-bond donors (Lipinski definition) is 0. The standard InChI is InChI=1S/C15H13N/c1-15(12-7-3-2-4-8-12)11-16-14-10-6-5-9-13(14)15/h2-11H,1H3/t15-/m0/s1. The Kier molecular flexibility index (Phi) is 1.93. The minimum atomic E-state index is -0.0716. The molecular formula is C15H13N. The summed E-state index contributed by atoms with van der Waals surface area (Å²) in [6, 6.07) is 18.9. The van der Waals surface area contributed by atoms with Crippen LogP contribution in [0.15, 0.2) is 59.6 Å². The summed E-state index contributed by atoms with van der Waals surface area (Å²) in [5, 5.41) is 0. The van der Waals surface area contributed by atoms with Crippen LogP contribution in [0.2, 0.25) is 0 Å². The SMILES string of the molecule is C[C@@]1(c2ccccc2)C=Nc2ccccc21. The second-order valence-corrected chi connectivity index (χ2v) is 4.34. The van der Waals surface area contributed by atoms with Gasteiger partial charge in [0.25, 0.3) is 0 Å². The third-order valence-corrected chi connectivity index (χ3v) is 3.30. The predicted molar refractivity (Wildman–Crippen MR) is 67.5 cm³/mol. The number of nitrogens with zero attached hydrogens (tertiary/aromatic N) is 1. The average molecular weight is 207 g/mol. The summed E-state index contributed by atoms with van der Waals surface area (Å²) >= 11 is 0. The molecule has 1 heterocycles. The summed E-state index contributed by atoms with van der Waals surface area (Å²) < 4.78 is 0. The molecule has 1 aliphatic heterocycles. The lowest BCUT2D eigenvalue weighted by atomic mass is 9.78. The van der Waals surface area contributed by atoms with Gasteiger partial charge in [-0.25, -0.2) is 0 Å². The Morgan fingerprint density at radius 2 is 1.56 bits per heavy atom. The van der Waals surface area contributed by atoms with Gasteiger partial charge in [-0.15, -0.1) is 0 Å². The number of fused-ring (bicyclic) bond motifs is 1. The van der Waals surface area contributed by atoms with Crippen molar-refractivity contribution in [2.45, 2.75) is 12.3 Å². The highest BCUT2D eigenvalue weighted by atomic mass is 14.8. The maximum atomic E-state index is 4.50. The quantitative estimate of drug-likeness (QED) is 0.676. The van der Waals surface area contributed by atoms with Gasteiger partial charge in [0, 0.05) is 6.21 Å². The lowest BCUT2D eigenvalue weighted by Crippen LogP contribution is -2.22. The van der Waals surface area contributed by atoms with E-state index < -0.39 is 0 Å². The summed E-state index contributed by atoms with van der Waals surface area (Å²) in [6.45, 7) is 2.22. The molecule has 0 spiro atoms. The van der Waals surface area contributed by atoms with Crippen molar-refractivity contribution < 1.29 is 0 Å². The van der Waals surface area contributed by atoms with Gasteiger partial charge >= 0.3 is 0 Å². The zero-order chi connectivity index (χ0) is 11.0. The van der Waals surface area contributed by atoms with Crippen LogP contribution in [0, 0.1) is 0 Å².